The van der Waals surface area contributed by atoms with Gasteiger partial charge in [-0.3, -0.25) is 14.4 Å². The number of methoxy groups -OCH3 is 1. The van der Waals surface area contributed by atoms with E-state index < -0.39 is 22.5 Å². The summed E-state index contributed by atoms with van der Waals surface area (Å²) in [6.45, 7) is 3.77. The molecular weight excluding hydrogens is 512 g/mol. The highest BCUT2D eigenvalue weighted by Gasteiger charge is 2.28. The van der Waals surface area contributed by atoms with Gasteiger partial charge >= 0.3 is 0 Å². The Balaban J connectivity index is 1.56. The molecule has 0 unspecified atom stereocenters. The van der Waals surface area contributed by atoms with Crippen molar-refractivity contribution in [1.82, 2.24) is 10.2 Å². The first kappa shape index (κ1) is 26.1. The number of nitrogens with one attached hydrogen (secondary N) is 1. The van der Waals surface area contributed by atoms with Gasteiger partial charge in [-0.2, -0.15) is 0 Å². The Morgan fingerprint density at radius 1 is 0.946 bits per heavy atom. The molecule has 0 aliphatic rings. The summed E-state index contributed by atoms with van der Waals surface area (Å²) in [5, 5.41) is 11.7. The molecule has 192 valence electrons. The molecule has 0 fully saturated rings. The molecule has 0 atom stereocenters. The molecule has 1 aromatic heterocycles. The van der Waals surface area contributed by atoms with Gasteiger partial charge in [0.2, 0.25) is 11.0 Å². The number of nitrogens with zero attached hydrogens (tertiary/aromatic N) is 3. The number of rotatable bonds is 10. The van der Waals surface area contributed by atoms with Crippen molar-refractivity contribution < 1.29 is 22.7 Å². The maximum absolute atomic E-state index is 13.6. The van der Waals surface area contributed by atoms with Gasteiger partial charge in [0.15, 0.2) is 0 Å². The number of sulfonamides is 1. The van der Waals surface area contributed by atoms with Crippen LogP contribution in [0.5, 0.6) is 11.5 Å². The average Bonchev–Trinajstić information content (AvgIpc) is 3.37. The van der Waals surface area contributed by atoms with E-state index in [2.05, 4.69) is 15.5 Å². The van der Waals surface area contributed by atoms with E-state index in [1.54, 1.807) is 55.6 Å². The summed E-state index contributed by atoms with van der Waals surface area (Å²) in [6, 6.07) is 20.3. The first-order valence-electron chi connectivity index (χ1n) is 11.4. The normalized spacial score (nSPS) is 11.1. The van der Waals surface area contributed by atoms with Crippen LogP contribution < -0.4 is 19.1 Å². The fourth-order valence-corrected chi connectivity index (χ4v) is 5.63. The quantitative estimate of drug-likeness (QED) is 0.310. The molecule has 1 amide bonds. The molecule has 1 heterocycles. The number of anilines is 2. The van der Waals surface area contributed by atoms with Crippen molar-refractivity contribution >= 4 is 38.1 Å². The first-order valence-corrected chi connectivity index (χ1v) is 13.7. The first-order chi connectivity index (χ1) is 17.8. The Labute approximate surface area is 219 Å². The summed E-state index contributed by atoms with van der Waals surface area (Å²) in [6.07, 6.45) is 0. The average molecular weight is 539 g/mol. The van der Waals surface area contributed by atoms with Crippen LogP contribution in [0.15, 0.2) is 77.7 Å². The minimum absolute atomic E-state index is 0.0436. The van der Waals surface area contributed by atoms with E-state index in [1.165, 1.54) is 23.5 Å². The van der Waals surface area contributed by atoms with Crippen molar-refractivity contribution in [3.05, 3.63) is 78.4 Å². The molecule has 0 bridgehead atoms. The number of carbonyl (C=O) groups excluding carboxylic acids is 1. The number of hydrogen-bond donors (Lipinski definition) is 1. The monoisotopic (exact) mass is 538 g/mol. The zero-order valence-corrected chi connectivity index (χ0v) is 22.2. The predicted octanol–water partition coefficient (Wildman–Crippen LogP) is 4.75. The van der Waals surface area contributed by atoms with E-state index >= 15 is 0 Å². The minimum Gasteiger partial charge on any atom is -0.497 e. The zero-order chi connectivity index (χ0) is 26.4. The second-order valence-corrected chi connectivity index (χ2v) is 10.8. The lowest BCUT2D eigenvalue weighted by atomic mass is 10.2. The van der Waals surface area contributed by atoms with Crippen LogP contribution in [0, 0.1) is 6.92 Å². The molecule has 37 heavy (non-hydrogen) atoms. The van der Waals surface area contributed by atoms with Gasteiger partial charge in [0.25, 0.3) is 10.0 Å². The third kappa shape index (κ3) is 6.25. The highest BCUT2D eigenvalue weighted by Crippen LogP contribution is 2.29. The Kier molecular flexibility index (Phi) is 8.04. The second kappa shape index (κ2) is 11.4. The van der Waals surface area contributed by atoms with Crippen LogP contribution in [0.4, 0.5) is 10.8 Å². The number of aromatic nitrogens is 2. The molecule has 0 aliphatic carbocycles. The van der Waals surface area contributed by atoms with Crippen molar-refractivity contribution in [3.8, 4) is 22.1 Å². The van der Waals surface area contributed by atoms with Gasteiger partial charge < -0.3 is 9.47 Å². The SMILES string of the molecule is CCOc1ccc(S(=O)(=O)N(CC(=O)Nc2nnc(-c3ccc(OC)cc3)s2)c2ccc(C)cc2)cc1. The van der Waals surface area contributed by atoms with Crippen molar-refractivity contribution in [2.24, 2.45) is 0 Å². The number of ether oxygens (including phenoxy) is 2. The van der Waals surface area contributed by atoms with Gasteiger partial charge in [-0.15, -0.1) is 10.2 Å². The number of aryl methyl sites for hydroxylation is 1. The van der Waals surface area contributed by atoms with Gasteiger partial charge in [-0.1, -0.05) is 29.0 Å². The van der Waals surface area contributed by atoms with Crippen LogP contribution in [0.2, 0.25) is 0 Å². The lowest BCUT2D eigenvalue weighted by molar-refractivity contribution is -0.114. The summed E-state index contributed by atoms with van der Waals surface area (Å²) in [4.78, 5) is 13.0. The third-order valence-electron chi connectivity index (χ3n) is 5.34. The summed E-state index contributed by atoms with van der Waals surface area (Å²) in [5.41, 5.74) is 2.15. The van der Waals surface area contributed by atoms with E-state index in [-0.39, 0.29) is 10.0 Å². The van der Waals surface area contributed by atoms with Gasteiger partial charge in [0.1, 0.15) is 23.1 Å². The zero-order valence-electron chi connectivity index (χ0n) is 20.5. The molecule has 0 spiro atoms. The molecule has 0 radical (unpaired) electrons. The van der Waals surface area contributed by atoms with Gasteiger partial charge in [0.05, 0.1) is 24.3 Å². The maximum atomic E-state index is 13.6. The van der Waals surface area contributed by atoms with E-state index in [4.69, 9.17) is 9.47 Å². The number of carbonyl (C=O) groups is 1. The Bertz CT molecular complexity index is 1450. The van der Waals surface area contributed by atoms with Gasteiger partial charge in [0, 0.05) is 5.56 Å². The molecule has 4 rings (SSSR count). The lowest BCUT2D eigenvalue weighted by Crippen LogP contribution is -2.38. The molecule has 9 nitrogen and oxygen atoms in total. The molecule has 0 saturated carbocycles. The molecule has 1 N–H and O–H groups in total. The van der Waals surface area contributed by atoms with Crippen LogP contribution >= 0.6 is 11.3 Å². The standard InChI is InChI=1S/C26H26N4O5S2/c1-4-35-22-13-15-23(16-14-22)37(32,33)30(20-9-5-18(2)6-10-20)17-24(31)27-26-29-28-25(36-26)19-7-11-21(34-3)12-8-19/h5-16H,4,17H2,1-3H3,(H,27,29,31). The van der Waals surface area contributed by atoms with Crippen LogP contribution in [0.1, 0.15) is 12.5 Å². The number of amides is 1. The Hall–Kier alpha value is -3.96. The van der Waals surface area contributed by atoms with Crippen LogP contribution in [-0.2, 0) is 14.8 Å². The van der Waals surface area contributed by atoms with Crippen LogP contribution in [0.3, 0.4) is 0 Å². The minimum atomic E-state index is -4.06. The van der Waals surface area contributed by atoms with Crippen LogP contribution in [0.25, 0.3) is 10.6 Å². The topological polar surface area (TPSA) is 111 Å². The molecule has 4 aromatic rings. The van der Waals surface area contributed by atoms with Gasteiger partial charge in [-0.05, 0) is 74.5 Å². The molecule has 0 aliphatic heterocycles. The molecule has 0 saturated heterocycles. The predicted molar refractivity (Wildman–Crippen MR) is 144 cm³/mol. The maximum Gasteiger partial charge on any atom is 0.264 e. The molecule has 11 heteroatoms. The van der Waals surface area contributed by atoms with Crippen LogP contribution in [-0.4, -0.2) is 44.8 Å². The van der Waals surface area contributed by atoms with Gasteiger partial charge in [-0.25, -0.2) is 8.42 Å². The van der Waals surface area contributed by atoms with E-state index in [1.807, 2.05) is 26.0 Å². The molecule has 3 aromatic carbocycles. The fourth-order valence-electron chi connectivity index (χ4n) is 3.44. The van der Waals surface area contributed by atoms with E-state index in [0.717, 1.165) is 15.4 Å². The summed E-state index contributed by atoms with van der Waals surface area (Å²) >= 11 is 1.19. The van der Waals surface area contributed by atoms with E-state index in [9.17, 15) is 13.2 Å². The van der Waals surface area contributed by atoms with Crippen molar-refractivity contribution in [2.45, 2.75) is 18.7 Å². The lowest BCUT2D eigenvalue weighted by Gasteiger charge is -2.24. The molecular formula is C26H26N4O5S2. The smallest absolute Gasteiger partial charge is 0.264 e. The summed E-state index contributed by atoms with van der Waals surface area (Å²) in [5.74, 6) is 0.726. The van der Waals surface area contributed by atoms with E-state index in [0.29, 0.717) is 28.8 Å². The van der Waals surface area contributed by atoms with Crippen molar-refractivity contribution in [3.63, 3.8) is 0 Å². The summed E-state index contributed by atoms with van der Waals surface area (Å²) in [7, 11) is -2.47. The number of benzene rings is 3. The largest absolute Gasteiger partial charge is 0.497 e. The number of hydrogen-bond acceptors (Lipinski definition) is 8. The summed E-state index contributed by atoms with van der Waals surface area (Å²) < 4.78 is 38.8. The van der Waals surface area contributed by atoms with Crippen molar-refractivity contribution in [2.75, 3.05) is 29.9 Å². The highest BCUT2D eigenvalue weighted by molar-refractivity contribution is 7.92. The third-order valence-corrected chi connectivity index (χ3v) is 8.02. The van der Waals surface area contributed by atoms with Crippen molar-refractivity contribution in [1.29, 1.82) is 0 Å². The Morgan fingerprint density at radius 2 is 1.59 bits per heavy atom. The second-order valence-electron chi connectivity index (χ2n) is 7.94. The Morgan fingerprint density at radius 3 is 2.22 bits per heavy atom. The fraction of sp³-hybridized carbons (Fsp3) is 0.192. The highest BCUT2D eigenvalue weighted by atomic mass is 32.2.